The molecule has 0 aromatic heterocycles. The van der Waals surface area contributed by atoms with Gasteiger partial charge in [-0.2, -0.15) is 0 Å². The standard InChI is InChI=1S/C21H19ClN2O4/c1-13(25)23-11-12-24-18(14-5-3-2-4-6-14)17(20(27)21(24)28)19(26)15-7-9-16(22)10-8-15/h2-10,18,26H,11-12H2,1H3,(H,23,25)/t18-/m0/s1. The van der Waals surface area contributed by atoms with Gasteiger partial charge in [0.15, 0.2) is 0 Å². The third-order valence-corrected chi connectivity index (χ3v) is 4.75. The maximum atomic E-state index is 12.8. The van der Waals surface area contributed by atoms with Crippen LogP contribution in [-0.2, 0) is 14.4 Å². The smallest absolute Gasteiger partial charge is 0.295 e. The number of hydrogen-bond donors (Lipinski definition) is 2. The van der Waals surface area contributed by atoms with Crippen LogP contribution >= 0.6 is 11.6 Å². The summed E-state index contributed by atoms with van der Waals surface area (Å²) >= 11 is 5.90. The molecule has 0 bridgehead atoms. The van der Waals surface area contributed by atoms with E-state index in [0.717, 1.165) is 0 Å². The van der Waals surface area contributed by atoms with Gasteiger partial charge >= 0.3 is 0 Å². The number of rotatable bonds is 5. The van der Waals surface area contributed by atoms with Crippen LogP contribution < -0.4 is 5.32 Å². The largest absolute Gasteiger partial charge is 0.507 e. The number of amides is 2. The summed E-state index contributed by atoms with van der Waals surface area (Å²) in [6.45, 7) is 1.72. The van der Waals surface area contributed by atoms with Gasteiger partial charge in [0.2, 0.25) is 5.91 Å². The summed E-state index contributed by atoms with van der Waals surface area (Å²) < 4.78 is 0. The number of hydrogen-bond acceptors (Lipinski definition) is 4. The molecule has 1 fully saturated rings. The molecule has 144 valence electrons. The molecule has 1 heterocycles. The molecular weight excluding hydrogens is 380 g/mol. The highest BCUT2D eigenvalue weighted by molar-refractivity contribution is 6.46. The number of carbonyl (C=O) groups excluding carboxylic acids is 3. The molecule has 0 spiro atoms. The summed E-state index contributed by atoms with van der Waals surface area (Å²) in [4.78, 5) is 37.9. The van der Waals surface area contributed by atoms with Gasteiger partial charge in [-0.05, 0) is 29.8 Å². The predicted octanol–water partition coefficient (Wildman–Crippen LogP) is 2.90. The zero-order valence-electron chi connectivity index (χ0n) is 15.2. The molecule has 0 saturated carbocycles. The van der Waals surface area contributed by atoms with Crippen LogP contribution in [0, 0.1) is 0 Å². The lowest BCUT2D eigenvalue weighted by atomic mass is 9.95. The molecule has 2 aromatic rings. The van der Waals surface area contributed by atoms with E-state index in [9.17, 15) is 19.5 Å². The number of benzene rings is 2. The topological polar surface area (TPSA) is 86.7 Å². The van der Waals surface area contributed by atoms with Crippen molar-refractivity contribution in [1.29, 1.82) is 0 Å². The minimum absolute atomic E-state index is 0.0151. The molecule has 2 aromatic carbocycles. The van der Waals surface area contributed by atoms with Crippen molar-refractivity contribution in [1.82, 2.24) is 10.2 Å². The Bertz CT molecular complexity index is 939. The van der Waals surface area contributed by atoms with Gasteiger partial charge in [-0.3, -0.25) is 14.4 Å². The molecule has 1 aliphatic heterocycles. The highest BCUT2D eigenvalue weighted by atomic mass is 35.5. The van der Waals surface area contributed by atoms with Crippen LogP contribution in [0.3, 0.4) is 0 Å². The Morgan fingerprint density at radius 3 is 2.36 bits per heavy atom. The second-order valence-corrected chi connectivity index (χ2v) is 6.83. The fourth-order valence-corrected chi connectivity index (χ4v) is 3.33. The van der Waals surface area contributed by atoms with Gasteiger partial charge in [0, 0.05) is 30.6 Å². The van der Waals surface area contributed by atoms with Crippen molar-refractivity contribution in [3.8, 4) is 0 Å². The molecule has 1 saturated heterocycles. The third kappa shape index (κ3) is 3.92. The van der Waals surface area contributed by atoms with E-state index in [2.05, 4.69) is 5.32 Å². The molecule has 1 atom stereocenters. The quantitative estimate of drug-likeness (QED) is 0.460. The van der Waals surface area contributed by atoms with Crippen molar-refractivity contribution in [3.05, 3.63) is 76.3 Å². The fraction of sp³-hybridized carbons (Fsp3) is 0.190. The Morgan fingerprint density at radius 1 is 1.11 bits per heavy atom. The van der Waals surface area contributed by atoms with E-state index in [-0.39, 0.29) is 30.3 Å². The number of aliphatic hydroxyl groups is 1. The molecule has 1 aliphatic rings. The Kier molecular flexibility index (Phi) is 5.80. The van der Waals surface area contributed by atoms with Gasteiger partial charge in [-0.25, -0.2) is 0 Å². The number of ketones is 1. The van der Waals surface area contributed by atoms with Crippen LogP contribution in [0.1, 0.15) is 24.1 Å². The van der Waals surface area contributed by atoms with Crippen LogP contribution in [0.4, 0.5) is 0 Å². The van der Waals surface area contributed by atoms with Gasteiger partial charge in [0.05, 0.1) is 11.6 Å². The van der Waals surface area contributed by atoms with Crippen LogP contribution in [0.2, 0.25) is 5.02 Å². The lowest BCUT2D eigenvalue weighted by Gasteiger charge is -2.25. The molecule has 0 radical (unpaired) electrons. The molecule has 28 heavy (non-hydrogen) atoms. The molecular formula is C21H19ClN2O4. The lowest BCUT2D eigenvalue weighted by Crippen LogP contribution is -2.37. The third-order valence-electron chi connectivity index (χ3n) is 4.50. The van der Waals surface area contributed by atoms with Crippen molar-refractivity contribution >= 4 is 35.0 Å². The van der Waals surface area contributed by atoms with Crippen molar-refractivity contribution in [2.45, 2.75) is 13.0 Å². The maximum absolute atomic E-state index is 12.8. The first-order chi connectivity index (χ1) is 13.4. The van der Waals surface area contributed by atoms with E-state index in [0.29, 0.717) is 16.1 Å². The second-order valence-electron chi connectivity index (χ2n) is 6.39. The number of carbonyl (C=O) groups is 3. The average Bonchev–Trinajstić information content (AvgIpc) is 2.93. The average molecular weight is 399 g/mol. The van der Waals surface area contributed by atoms with E-state index < -0.39 is 17.7 Å². The van der Waals surface area contributed by atoms with Gasteiger partial charge < -0.3 is 15.3 Å². The second kappa shape index (κ2) is 8.27. The van der Waals surface area contributed by atoms with Gasteiger partial charge in [-0.1, -0.05) is 41.9 Å². The number of likely N-dealkylation sites (tertiary alicyclic amines) is 1. The summed E-state index contributed by atoms with van der Waals surface area (Å²) in [7, 11) is 0. The summed E-state index contributed by atoms with van der Waals surface area (Å²) in [6, 6.07) is 14.6. The normalized spacial score (nSPS) is 18.4. The van der Waals surface area contributed by atoms with Crippen LogP contribution in [0.25, 0.3) is 5.76 Å². The monoisotopic (exact) mass is 398 g/mol. The Labute approximate surface area is 167 Å². The Morgan fingerprint density at radius 2 is 1.75 bits per heavy atom. The Hall–Kier alpha value is -3.12. The molecule has 3 rings (SSSR count). The van der Waals surface area contributed by atoms with Gasteiger partial charge in [-0.15, -0.1) is 0 Å². The number of nitrogens with one attached hydrogen (secondary N) is 1. The summed E-state index contributed by atoms with van der Waals surface area (Å²) in [5.74, 6) is -1.96. The first-order valence-corrected chi connectivity index (χ1v) is 9.11. The fourth-order valence-electron chi connectivity index (χ4n) is 3.21. The zero-order valence-corrected chi connectivity index (χ0v) is 15.9. The van der Waals surface area contributed by atoms with Crippen molar-refractivity contribution in [2.75, 3.05) is 13.1 Å². The molecule has 6 nitrogen and oxygen atoms in total. The maximum Gasteiger partial charge on any atom is 0.295 e. The molecule has 7 heteroatoms. The highest BCUT2D eigenvalue weighted by Crippen LogP contribution is 2.39. The first-order valence-electron chi connectivity index (χ1n) is 8.74. The van der Waals surface area contributed by atoms with E-state index in [1.165, 1.54) is 11.8 Å². The van der Waals surface area contributed by atoms with Gasteiger partial charge in [0.1, 0.15) is 5.76 Å². The van der Waals surface area contributed by atoms with E-state index >= 15 is 0 Å². The molecule has 0 unspecified atom stereocenters. The predicted molar refractivity (Wildman–Crippen MR) is 106 cm³/mol. The van der Waals surface area contributed by atoms with Crippen LogP contribution in [0.15, 0.2) is 60.2 Å². The van der Waals surface area contributed by atoms with E-state index in [4.69, 9.17) is 11.6 Å². The first kappa shape index (κ1) is 19.6. The number of Topliss-reactive ketones (excluding diaryl/α,β-unsaturated/α-hetero) is 1. The Balaban J connectivity index is 2.07. The van der Waals surface area contributed by atoms with E-state index in [1.54, 1.807) is 48.5 Å². The lowest BCUT2D eigenvalue weighted by molar-refractivity contribution is -0.139. The molecule has 2 N–H and O–H groups in total. The van der Waals surface area contributed by atoms with Crippen molar-refractivity contribution in [3.63, 3.8) is 0 Å². The van der Waals surface area contributed by atoms with E-state index in [1.807, 2.05) is 6.07 Å². The SMILES string of the molecule is CC(=O)NCCN1C(=O)C(=O)C(=C(O)c2ccc(Cl)cc2)[C@@H]1c1ccccc1. The summed E-state index contributed by atoms with van der Waals surface area (Å²) in [6.07, 6.45) is 0. The van der Waals surface area contributed by atoms with Gasteiger partial charge in [0.25, 0.3) is 11.7 Å². The number of nitrogens with zero attached hydrogens (tertiary/aromatic N) is 1. The minimum Gasteiger partial charge on any atom is -0.507 e. The summed E-state index contributed by atoms with van der Waals surface area (Å²) in [5.41, 5.74) is 1.10. The number of halogens is 1. The minimum atomic E-state index is -0.760. The van der Waals surface area contributed by atoms with Crippen molar-refractivity contribution in [2.24, 2.45) is 0 Å². The van der Waals surface area contributed by atoms with Crippen LogP contribution in [-0.4, -0.2) is 40.7 Å². The highest BCUT2D eigenvalue weighted by Gasteiger charge is 2.45. The van der Waals surface area contributed by atoms with Crippen LogP contribution in [0.5, 0.6) is 0 Å². The van der Waals surface area contributed by atoms with Crippen molar-refractivity contribution < 1.29 is 19.5 Å². The summed E-state index contributed by atoms with van der Waals surface area (Å²) in [5, 5.41) is 13.9. The molecule has 2 amide bonds. The number of aliphatic hydroxyl groups excluding tert-OH is 1. The molecule has 0 aliphatic carbocycles. The zero-order chi connectivity index (χ0) is 20.3.